The lowest BCUT2D eigenvalue weighted by Crippen LogP contribution is -2.31. The van der Waals surface area contributed by atoms with Gasteiger partial charge in [-0.2, -0.15) is 5.26 Å². The maximum atomic E-state index is 12.2. The highest BCUT2D eigenvalue weighted by atomic mass is 32.2. The molecule has 114 valence electrons. The van der Waals surface area contributed by atoms with E-state index in [1.165, 1.54) is 12.1 Å². The van der Waals surface area contributed by atoms with Gasteiger partial charge in [0.1, 0.15) is 11.5 Å². The van der Waals surface area contributed by atoms with Crippen molar-refractivity contribution in [2.45, 2.75) is 18.2 Å². The second-order valence-electron chi connectivity index (χ2n) is 4.15. The number of benzene rings is 1. The number of anilines is 1. The molecule has 0 fully saturated rings. The molecular formula is C13H17N3O4S. The molecule has 1 rings (SSSR count). The van der Waals surface area contributed by atoms with Gasteiger partial charge in [-0.25, -0.2) is 8.42 Å². The van der Waals surface area contributed by atoms with Crippen LogP contribution in [0.4, 0.5) is 5.69 Å². The number of sulfone groups is 1. The zero-order chi connectivity index (χ0) is 15.9. The van der Waals surface area contributed by atoms with E-state index in [1.807, 2.05) is 6.07 Å². The summed E-state index contributed by atoms with van der Waals surface area (Å²) in [5, 5.41) is 10.7. The van der Waals surface area contributed by atoms with Crippen LogP contribution in [-0.4, -0.2) is 33.2 Å². The van der Waals surface area contributed by atoms with E-state index in [4.69, 9.17) is 15.7 Å². The Morgan fingerprint density at radius 1 is 1.48 bits per heavy atom. The third-order valence-corrected chi connectivity index (χ3v) is 4.18. The predicted molar refractivity (Wildman–Crippen MR) is 77.3 cm³/mol. The Morgan fingerprint density at radius 2 is 2.19 bits per heavy atom. The van der Waals surface area contributed by atoms with Gasteiger partial charge in [-0.05, 0) is 19.1 Å². The Morgan fingerprint density at radius 3 is 2.81 bits per heavy atom. The fourth-order valence-electron chi connectivity index (χ4n) is 1.60. The summed E-state index contributed by atoms with van der Waals surface area (Å²) in [5.41, 5.74) is 5.72. The van der Waals surface area contributed by atoms with Gasteiger partial charge in [0.05, 0.1) is 29.7 Å². The van der Waals surface area contributed by atoms with E-state index in [0.29, 0.717) is 12.4 Å². The van der Waals surface area contributed by atoms with Crippen molar-refractivity contribution in [3.05, 3.63) is 18.2 Å². The van der Waals surface area contributed by atoms with E-state index in [9.17, 15) is 13.2 Å². The number of hydrogen-bond acceptors (Lipinski definition) is 6. The number of hydrogen-bond donors (Lipinski definition) is 2. The Balaban J connectivity index is 2.89. The monoisotopic (exact) mass is 311 g/mol. The van der Waals surface area contributed by atoms with Crippen LogP contribution in [0.1, 0.15) is 13.3 Å². The second-order valence-corrected chi connectivity index (χ2v) is 6.11. The average molecular weight is 311 g/mol. The Kier molecular flexibility index (Phi) is 5.99. The molecule has 21 heavy (non-hydrogen) atoms. The van der Waals surface area contributed by atoms with Gasteiger partial charge < -0.3 is 15.8 Å². The van der Waals surface area contributed by atoms with Crippen LogP contribution in [0.2, 0.25) is 0 Å². The molecule has 1 aromatic rings. The number of nitrogens with zero attached hydrogens (tertiary/aromatic N) is 1. The van der Waals surface area contributed by atoms with Crippen molar-refractivity contribution in [2.75, 3.05) is 24.6 Å². The van der Waals surface area contributed by atoms with Crippen molar-refractivity contribution in [1.82, 2.24) is 5.32 Å². The largest absolute Gasteiger partial charge is 0.494 e. The third kappa shape index (κ3) is 4.96. The van der Waals surface area contributed by atoms with Gasteiger partial charge in [-0.3, -0.25) is 4.79 Å². The molecule has 0 aliphatic rings. The molecule has 0 bridgehead atoms. The summed E-state index contributed by atoms with van der Waals surface area (Å²) in [6.45, 7) is 2.27. The number of carbonyl (C=O) groups is 1. The highest BCUT2D eigenvalue weighted by Gasteiger charge is 2.22. The molecule has 0 heterocycles. The lowest BCUT2D eigenvalue weighted by Gasteiger charge is -2.10. The lowest BCUT2D eigenvalue weighted by atomic mass is 10.3. The molecule has 0 atom stereocenters. The predicted octanol–water partition coefficient (Wildman–Crippen LogP) is 0.471. The van der Waals surface area contributed by atoms with Crippen molar-refractivity contribution < 1.29 is 17.9 Å². The molecular weight excluding hydrogens is 294 g/mol. The van der Waals surface area contributed by atoms with Gasteiger partial charge >= 0.3 is 0 Å². The molecule has 3 N–H and O–H groups in total. The zero-order valence-electron chi connectivity index (χ0n) is 11.6. The van der Waals surface area contributed by atoms with Crippen LogP contribution in [-0.2, 0) is 14.6 Å². The Labute approximate surface area is 123 Å². The molecule has 0 aliphatic carbocycles. The molecule has 0 saturated carbocycles. The van der Waals surface area contributed by atoms with E-state index in [0.717, 1.165) is 0 Å². The summed E-state index contributed by atoms with van der Waals surface area (Å²) in [4.78, 5) is 11.4. The first-order valence-corrected chi connectivity index (χ1v) is 7.94. The fourth-order valence-corrected chi connectivity index (χ4v) is 2.93. The molecule has 1 aromatic carbocycles. The van der Waals surface area contributed by atoms with E-state index in [-0.39, 0.29) is 23.5 Å². The summed E-state index contributed by atoms with van der Waals surface area (Å²) in [5.74, 6) is -1.03. The molecule has 0 spiro atoms. The maximum Gasteiger partial charge on any atom is 0.235 e. The van der Waals surface area contributed by atoms with Gasteiger partial charge in [-0.15, -0.1) is 0 Å². The summed E-state index contributed by atoms with van der Waals surface area (Å²) >= 11 is 0. The quantitative estimate of drug-likeness (QED) is 0.557. The average Bonchev–Trinajstić information content (AvgIpc) is 2.41. The zero-order valence-corrected chi connectivity index (χ0v) is 12.4. The number of nitrogens with two attached hydrogens (primary N) is 1. The molecule has 1 amide bonds. The number of nitrogen functional groups attached to an aromatic ring is 1. The summed E-state index contributed by atoms with van der Waals surface area (Å²) in [7, 11) is -3.87. The topological polar surface area (TPSA) is 122 Å². The number of rotatable bonds is 7. The SMILES string of the molecule is CCOc1ccc(N)c(S(=O)(=O)CC(=O)NCCC#N)c1. The van der Waals surface area contributed by atoms with Crippen molar-refractivity contribution in [1.29, 1.82) is 5.26 Å². The first-order valence-electron chi connectivity index (χ1n) is 6.29. The minimum atomic E-state index is -3.87. The van der Waals surface area contributed by atoms with E-state index in [2.05, 4.69) is 5.32 Å². The fraction of sp³-hybridized carbons (Fsp3) is 0.385. The number of ether oxygens (including phenoxy) is 1. The van der Waals surface area contributed by atoms with Crippen molar-refractivity contribution in [2.24, 2.45) is 0 Å². The van der Waals surface area contributed by atoms with E-state index in [1.54, 1.807) is 13.0 Å². The van der Waals surface area contributed by atoms with Gasteiger partial charge in [0.15, 0.2) is 9.84 Å². The molecule has 0 aromatic heterocycles. The third-order valence-electron chi connectivity index (χ3n) is 2.51. The van der Waals surface area contributed by atoms with Gasteiger partial charge in [0, 0.05) is 12.6 Å². The minimum Gasteiger partial charge on any atom is -0.494 e. The molecule has 0 unspecified atom stereocenters. The summed E-state index contributed by atoms with van der Waals surface area (Å²) in [6.07, 6.45) is 0.119. The highest BCUT2D eigenvalue weighted by molar-refractivity contribution is 7.92. The number of nitrogens with one attached hydrogen (secondary N) is 1. The lowest BCUT2D eigenvalue weighted by molar-refractivity contribution is -0.118. The van der Waals surface area contributed by atoms with E-state index >= 15 is 0 Å². The first-order chi connectivity index (χ1) is 9.90. The first kappa shape index (κ1) is 16.8. The van der Waals surface area contributed by atoms with Gasteiger partial charge in [0.2, 0.25) is 5.91 Å². The Bertz CT molecular complexity index is 650. The normalized spacial score (nSPS) is 10.7. The second kappa shape index (κ2) is 7.50. The van der Waals surface area contributed by atoms with Crippen LogP contribution < -0.4 is 15.8 Å². The van der Waals surface area contributed by atoms with Crippen molar-refractivity contribution in [3.63, 3.8) is 0 Å². The number of nitriles is 1. The van der Waals surface area contributed by atoms with Crippen LogP contribution in [0.15, 0.2) is 23.1 Å². The standard InChI is InChI=1S/C13H17N3O4S/c1-2-20-10-4-5-11(15)12(8-10)21(18,19)9-13(17)16-7-3-6-14/h4-5,8H,2-3,7,9,15H2,1H3,(H,16,17). The minimum absolute atomic E-state index is 0.0586. The highest BCUT2D eigenvalue weighted by Crippen LogP contribution is 2.25. The van der Waals surface area contributed by atoms with Crippen LogP contribution in [0.25, 0.3) is 0 Å². The Hall–Kier alpha value is -2.27. The van der Waals surface area contributed by atoms with Crippen LogP contribution in [0.5, 0.6) is 5.75 Å². The van der Waals surface area contributed by atoms with Crippen molar-refractivity contribution in [3.8, 4) is 11.8 Å². The summed E-state index contributed by atoms with van der Waals surface area (Å²) < 4.78 is 29.6. The molecule has 8 heteroatoms. The number of amides is 1. The van der Waals surface area contributed by atoms with Gasteiger partial charge in [0.25, 0.3) is 0 Å². The van der Waals surface area contributed by atoms with Crippen LogP contribution in [0, 0.1) is 11.3 Å². The molecule has 0 aliphatic heterocycles. The van der Waals surface area contributed by atoms with Crippen molar-refractivity contribution >= 4 is 21.4 Å². The maximum absolute atomic E-state index is 12.2. The van der Waals surface area contributed by atoms with Crippen LogP contribution >= 0.6 is 0 Å². The molecule has 0 radical (unpaired) electrons. The van der Waals surface area contributed by atoms with Gasteiger partial charge in [-0.1, -0.05) is 0 Å². The molecule has 7 nitrogen and oxygen atoms in total. The number of carbonyl (C=O) groups excluding carboxylic acids is 1. The summed E-state index contributed by atoms with van der Waals surface area (Å²) in [6, 6.07) is 6.13. The smallest absolute Gasteiger partial charge is 0.235 e. The van der Waals surface area contributed by atoms with E-state index < -0.39 is 21.5 Å². The van der Waals surface area contributed by atoms with Crippen LogP contribution in [0.3, 0.4) is 0 Å². The molecule has 0 saturated heterocycles.